The summed E-state index contributed by atoms with van der Waals surface area (Å²) >= 11 is 0. The minimum absolute atomic E-state index is 0.175. The zero-order valence-electron chi connectivity index (χ0n) is 15.5. The third-order valence-electron chi connectivity index (χ3n) is 5.02. The number of benzene rings is 2. The van der Waals surface area contributed by atoms with Gasteiger partial charge in [-0.3, -0.25) is 4.79 Å². The number of hydrogen-bond acceptors (Lipinski definition) is 3. The Hall–Kier alpha value is -2.14. The third kappa shape index (κ3) is 3.98. The molecule has 1 aliphatic carbocycles. The molecular weight excluding hydrogens is 346 g/mol. The molecule has 1 N–H and O–H groups in total. The summed E-state index contributed by atoms with van der Waals surface area (Å²) in [5.74, 6) is -0.472. The lowest BCUT2D eigenvalue weighted by molar-refractivity contribution is -0.120. The predicted octanol–water partition coefficient (Wildman–Crippen LogP) is 3.78. The van der Waals surface area contributed by atoms with Crippen molar-refractivity contribution < 1.29 is 13.2 Å². The fourth-order valence-electron chi connectivity index (χ4n) is 3.05. The van der Waals surface area contributed by atoms with Crippen molar-refractivity contribution in [2.24, 2.45) is 0 Å². The number of anilines is 1. The van der Waals surface area contributed by atoms with Crippen LogP contribution in [-0.2, 0) is 20.0 Å². The molecule has 0 heterocycles. The molecule has 0 radical (unpaired) electrons. The first-order valence-corrected chi connectivity index (χ1v) is 10.6. The molecule has 1 atom stereocenters. The second kappa shape index (κ2) is 6.88. The van der Waals surface area contributed by atoms with Gasteiger partial charge in [0.05, 0.1) is 16.4 Å². The molecule has 3 rings (SSSR count). The van der Waals surface area contributed by atoms with Gasteiger partial charge in [-0.2, -0.15) is 0 Å². The van der Waals surface area contributed by atoms with Crippen molar-refractivity contribution in [2.45, 2.75) is 44.3 Å². The third-order valence-corrected chi connectivity index (χ3v) is 7.49. The van der Waals surface area contributed by atoms with Gasteiger partial charge in [0, 0.05) is 5.69 Å². The number of amides is 1. The van der Waals surface area contributed by atoms with Gasteiger partial charge < -0.3 is 5.32 Å². The van der Waals surface area contributed by atoms with Crippen LogP contribution in [0.25, 0.3) is 0 Å². The van der Waals surface area contributed by atoms with Gasteiger partial charge in [0.25, 0.3) is 0 Å². The first-order chi connectivity index (χ1) is 12.2. The number of nitrogens with one attached hydrogen (secondary N) is 1. The predicted molar refractivity (Wildman–Crippen MR) is 105 cm³/mol. The van der Waals surface area contributed by atoms with Gasteiger partial charge in [0.1, 0.15) is 0 Å². The maximum atomic E-state index is 13.1. The smallest absolute Gasteiger partial charge is 0.235 e. The van der Waals surface area contributed by atoms with Crippen LogP contribution >= 0.6 is 0 Å². The van der Waals surface area contributed by atoms with Crippen molar-refractivity contribution in [3.63, 3.8) is 0 Å². The van der Waals surface area contributed by atoms with Gasteiger partial charge in [-0.1, -0.05) is 47.5 Å². The summed E-state index contributed by atoms with van der Waals surface area (Å²) in [5.41, 5.74) is 2.42. The molecule has 138 valence electrons. The summed E-state index contributed by atoms with van der Waals surface area (Å²) in [7, 11) is -3.31. The summed E-state index contributed by atoms with van der Waals surface area (Å²) in [4.78, 5) is 13.1. The average Bonchev–Trinajstić information content (AvgIpc) is 3.42. The molecule has 0 aromatic heterocycles. The van der Waals surface area contributed by atoms with Crippen LogP contribution in [0.1, 0.15) is 36.5 Å². The SMILES string of the molecule is Cc1ccc(NC(=O)C(C)(CS(=O)(=O)C2CC2)c2ccc(C)cc2)cc1. The Morgan fingerprint density at radius 1 is 1.00 bits per heavy atom. The normalized spacial score (nSPS) is 16.7. The first kappa shape index (κ1) is 18.6. The Morgan fingerprint density at radius 2 is 1.50 bits per heavy atom. The zero-order chi connectivity index (χ0) is 18.9. The van der Waals surface area contributed by atoms with Crippen LogP contribution in [0.3, 0.4) is 0 Å². The highest BCUT2D eigenvalue weighted by Gasteiger charge is 2.45. The van der Waals surface area contributed by atoms with Gasteiger partial charge in [-0.05, 0) is 51.3 Å². The van der Waals surface area contributed by atoms with Crippen molar-refractivity contribution in [1.29, 1.82) is 0 Å². The minimum atomic E-state index is -3.31. The molecule has 1 unspecified atom stereocenters. The summed E-state index contributed by atoms with van der Waals surface area (Å²) in [5, 5.41) is 2.61. The van der Waals surface area contributed by atoms with E-state index < -0.39 is 15.3 Å². The molecule has 1 saturated carbocycles. The quantitative estimate of drug-likeness (QED) is 0.840. The average molecular weight is 372 g/mol. The molecule has 0 saturated heterocycles. The van der Waals surface area contributed by atoms with Crippen LogP contribution in [0.2, 0.25) is 0 Å². The van der Waals surface area contributed by atoms with Gasteiger partial charge in [-0.15, -0.1) is 0 Å². The molecule has 5 heteroatoms. The maximum Gasteiger partial charge on any atom is 0.235 e. The van der Waals surface area contributed by atoms with Gasteiger partial charge in [0.2, 0.25) is 5.91 Å². The summed E-state index contributed by atoms with van der Waals surface area (Å²) in [6.45, 7) is 5.67. The maximum absolute atomic E-state index is 13.1. The highest BCUT2D eigenvalue weighted by atomic mass is 32.2. The molecule has 2 aromatic rings. The van der Waals surface area contributed by atoms with E-state index in [-0.39, 0.29) is 16.9 Å². The summed E-state index contributed by atoms with van der Waals surface area (Å²) in [6.07, 6.45) is 1.40. The number of carbonyl (C=O) groups is 1. The van der Waals surface area contributed by atoms with Crippen LogP contribution in [-0.4, -0.2) is 25.3 Å². The fourth-order valence-corrected chi connectivity index (χ4v) is 5.25. The highest BCUT2D eigenvalue weighted by Crippen LogP contribution is 2.35. The molecular formula is C21H25NO3S. The van der Waals surface area contributed by atoms with Crippen LogP contribution in [0.15, 0.2) is 48.5 Å². The highest BCUT2D eigenvalue weighted by molar-refractivity contribution is 7.92. The second-order valence-corrected chi connectivity index (χ2v) is 9.81. The van der Waals surface area contributed by atoms with E-state index in [4.69, 9.17) is 0 Å². The Morgan fingerprint density at radius 3 is 2.00 bits per heavy atom. The monoisotopic (exact) mass is 371 g/mol. The van der Waals surface area contributed by atoms with E-state index in [2.05, 4.69) is 5.32 Å². The van der Waals surface area contributed by atoms with E-state index in [9.17, 15) is 13.2 Å². The second-order valence-electron chi connectivity index (χ2n) is 7.52. The van der Waals surface area contributed by atoms with Crippen molar-refractivity contribution in [3.8, 4) is 0 Å². The largest absolute Gasteiger partial charge is 0.325 e. The number of rotatable bonds is 6. The fraction of sp³-hybridized carbons (Fsp3) is 0.381. The Kier molecular flexibility index (Phi) is 4.93. The molecule has 26 heavy (non-hydrogen) atoms. The Labute approximate surface area is 155 Å². The molecule has 0 spiro atoms. The standard InChI is InChI=1S/C21H25NO3S/c1-15-4-8-17(9-5-15)21(3,14-26(24,25)19-12-13-19)20(23)22-18-10-6-16(2)7-11-18/h4-11,19H,12-14H2,1-3H3,(H,22,23). The lowest BCUT2D eigenvalue weighted by Crippen LogP contribution is -2.44. The molecule has 4 nitrogen and oxygen atoms in total. The van der Waals surface area contributed by atoms with E-state index in [1.165, 1.54) is 0 Å². The number of carbonyl (C=O) groups excluding carboxylic acids is 1. The van der Waals surface area contributed by atoms with Crippen LogP contribution in [0.4, 0.5) is 5.69 Å². The summed E-state index contributed by atoms with van der Waals surface area (Å²) in [6, 6.07) is 15.0. The van der Waals surface area contributed by atoms with E-state index in [0.717, 1.165) is 16.7 Å². The van der Waals surface area contributed by atoms with Crippen molar-refractivity contribution >= 4 is 21.4 Å². The lowest BCUT2D eigenvalue weighted by atomic mass is 9.83. The molecule has 1 aliphatic rings. The van der Waals surface area contributed by atoms with Crippen molar-refractivity contribution in [2.75, 3.05) is 11.1 Å². The topological polar surface area (TPSA) is 63.2 Å². The van der Waals surface area contributed by atoms with Crippen LogP contribution < -0.4 is 5.32 Å². The molecule has 2 aromatic carbocycles. The number of aryl methyl sites for hydroxylation is 2. The first-order valence-electron chi connectivity index (χ1n) is 8.87. The molecule has 0 bridgehead atoms. The van der Waals surface area contributed by atoms with E-state index >= 15 is 0 Å². The number of hydrogen-bond donors (Lipinski definition) is 1. The van der Waals surface area contributed by atoms with E-state index in [0.29, 0.717) is 18.5 Å². The van der Waals surface area contributed by atoms with E-state index in [1.807, 2.05) is 62.4 Å². The van der Waals surface area contributed by atoms with Gasteiger partial charge in [-0.25, -0.2) is 8.42 Å². The molecule has 1 fully saturated rings. The van der Waals surface area contributed by atoms with Crippen LogP contribution in [0, 0.1) is 13.8 Å². The zero-order valence-corrected chi connectivity index (χ0v) is 16.3. The number of sulfone groups is 1. The minimum Gasteiger partial charge on any atom is -0.325 e. The molecule has 0 aliphatic heterocycles. The lowest BCUT2D eigenvalue weighted by Gasteiger charge is -2.29. The molecule has 1 amide bonds. The Bertz CT molecular complexity index is 897. The van der Waals surface area contributed by atoms with Gasteiger partial charge in [0.15, 0.2) is 9.84 Å². The summed E-state index contributed by atoms with van der Waals surface area (Å²) < 4.78 is 25.3. The van der Waals surface area contributed by atoms with Gasteiger partial charge >= 0.3 is 0 Å². The van der Waals surface area contributed by atoms with Crippen molar-refractivity contribution in [3.05, 3.63) is 65.2 Å². The van der Waals surface area contributed by atoms with E-state index in [1.54, 1.807) is 6.92 Å². The van der Waals surface area contributed by atoms with Crippen molar-refractivity contribution in [1.82, 2.24) is 0 Å². The van der Waals surface area contributed by atoms with Crippen LogP contribution in [0.5, 0.6) is 0 Å². The Balaban J connectivity index is 1.94.